The Balaban J connectivity index is 1.52. The van der Waals surface area contributed by atoms with Crippen molar-refractivity contribution in [3.63, 3.8) is 0 Å². The summed E-state index contributed by atoms with van der Waals surface area (Å²) in [5.74, 6) is 0.716. The zero-order chi connectivity index (χ0) is 19.8. The highest BCUT2D eigenvalue weighted by Crippen LogP contribution is 2.18. The van der Waals surface area contributed by atoms with E-state index in [2.05, 4.69) is 15.2 Å². The van der Waals surface area contributed by atoms with Crippen LogP contribution in [0.1, 0.15) is 17.5 Å². The summed E-state index contributed by atoms with van der Waals surface area (Å²) in [6.45, 7) is 0.768. The molecule has 7 nitrogen and oxygen atoms in total. The Hall–Kier alpha value is -3.19. The summed E-state index contributed by atoms with van der Waals surface area (Å²) in [5, 5.41) is 15.7. The Morgan fingerprint density at radius 2 is 2.07 bits per heavy atom. The average Bonchev–Trinajstić information content (AvgIpc) is 3.26. The number of aliphatic hydroxyl groups excluding tert-OH is 1. The van der Waals surface area contributed by atoms with E-state index in [1.54, 1.807) is 24.3 Å². The molecular formula is C21H24N4O3. The lowest BCUT2D eigenvalue weighted by Gasteiger charge is -2.15. The second-order valence-corrected chi connectivity index (χ2v) is 6.50. The van der Waals surface area contributed by atoms with Crippen LogP contribution in [-0.2, 0) is 17.8 Å². The van der Waals surface area contributed by atoms with Crippen molar-refractivity contribution in [3.8, 4) is 17.1 Å². The zero-order valence-electron chi connectivity index (χ0n) is 15.8. The molecule has 2 heterocycles. The average molecular weight is 380 g/mol. The highest BCUT2D eigenvalue weighted by atomic mass is 16.5. The maximum Gasteiger partial charge on any atom is 0.222 e. The van der Waals surface area contributed by atoms with Gasteiger partial charge in [0.15, 0.2) is 0 Å². The van der Waals surface area contributed by atoms with E-state index in [-0.39, 0.29) is 12.5 Å². The Morgan fingerprint density at radius 1 is 1.21 bits per heavy atom. The number of aliphatic hydroxyl groups is 1. The molecule has 3 rings (SSSR count). The van der Waals surface area contributed by atoms with E-state index in [4.69, 9.17) is 9.84 Å². The number of hydrogen-bond donors (Lipinski definition) is 2. The fraction of sp³-hybridized carbons (Fsp3) is 0.286. The maximum absolute atomic E-state index is 12.0. The number of nitrogens with one attached hydrogen (secondary N) is 1. The first-order valence-corrected chi connectivity index (χ1v) is 9.17. The topological polar surface area (TPSA) is 91.3 Å². The predicted octanol–water partition coefficient (Wildman–Crippen LogP) is 2.43. The summed E-state index contributed by atoms with van der Waals surface area (Å²) >= 11 is 0. The highest BCUT2D eigenvalue weighted by molar-refractivity contribution is 5.76. The largest absolute Gasteiger partial charge is 0.487 e. The molecule has 7 heteroatoms. The minimum atomic E-state index is -0.0210. The molecule has 0 bridgehead atoms. The van der Waals surface area contributed by atoms with Crippen LogP contribution < -0.4 is 4.74 Å². The first-order valence-electron chi connectivity index (χ1n) is 9.17. The van der Waals surface area contributed by atoms with Crippen molar-refractivity contribution in [2.45, 2.75) is 19.4 Å². The number of aryl methyl sites for hydroxylation is 1. The summed E-state index contributed by atoms with van der Waals surface area (Å²) < 4.78 is 5.82. The summed E-state index contributed by atoms with van der Waals surface area (Å²) in [4.78, 5) is 17.9. The second kappa shape index (κ2) is 9.66. The van der Waals surface area contributed by atoms with E-state index in [1.165, 1.54) is 0 Å². The molecule has 28 heavy (non-hydrogen) atoms. The Labute approximate surface area is 164 Å². The quantitative estimate of drug-likeness (QED) is 0.595. The summed E-state index contributed by atoms with van der Waals surface area (Å²) in [6, 6.07) is 13.6. The molecule has 0 unspecified atom stereocenters. The fourth-order valence-corrected chi connectivity index (χ4v) is 2.78. The van der Waals surface area contributed by atoms with E-state index in [1.807, 2.05) is 42.5 Å². The number of carbonyl (C=O) groups is 1. The molecule has 0 aliphatic rings. The molecule has 0 aliphatic heterocycles. The molecule has 0 saturated heterocycles. The maximum atomic E-state index is 12.0. The Morgan fingerprint density at radius 3 is 2.79 bits per heavy atom. The number of ether oxygens (including phenoxy) is 1. The molecule has 0 radical (unpaired) electrons. The van der Waals surface area contributed by atoms with Gasteiger partial charge in [0, 0.05) is 26.2 Å². The first-order chi connectivity index (χ1) is 13.7. The smallest absolute Gasteiger partial charge is 0.222 e. The van der Waals surface area contributed by atoms with Crippen LogP contribution in [0.4, 0.5) is 0 Å². The highest BCUT2D eigenvalue weighted by Gasteiger charge is 2.08. The summed E-state index contributed by atoms with van der Waals surface area (Å²) in [7, 11) is 1.70. The molecule has 1 aromatic carbocycles. The molecular weight excluding hydrogens is 356 g/mol. The van der Waals surface area contributed by atoms with Crippen molar-refractivity contribution in [2.24, 2.45) is 0 Å². The predicted molar refractivity (Wildman–Crippen MR) is 106 cm³/mol. The number of aromatic amines is 1. The normalized spacial score (nSPS) is 10.6. The van der Waals surface area contributed by atoms with Gasteiger partial charge in [-0.15, -0.1) is 0 Å². The van der Waals surface area contributed by atoms with Crippen LogP contribution in [0.25, 0.3) is 11.4 Å². The van der Waals surface area contributed by atoms with Crippen LogP contribution in [0.15, 0.2) is 54.9 Å². The van der Waals surface area contributed by atoms with Crippen molar-refractivity contribution in [2.75, 3.05) is 20.2 Å². The monoisotopic (exact) mass is 380 g/mol. The van der Waals surface area contributed by atoms with Crippen LogP contribution in [0, 0.1) is 0 Å². The van der Waals surface area contributed by atoms with Crippen molar-refractivity contribution in [1.82, 2.24) is 20.1 Å². The van der Waals surface area contributed by atoms with Gasteiger partial charge in [-0.05, 0) is 35.7 Å². The minimum absolute atomic E-state index is 0.0210. The van der Waals surface area contributed by atoms with Gasteiger partial charge in [0.25, 0.3) is 0 Å². The molecule has 0 fully saturated rings. The zero-order valence-corrected chi connectivity index (χ0v) is 15.8. The number of likely N-dealkylation sites (N-methyl/N-ethyl adjacent to an activating group) is 1. The van der Waals surface area contributed by atoms with Crippen molar-refractivity contribution < 1.29 is 14.6 Å². The van der Waals surface area contributed by atoms with Gasteiger partial charge in [-0.2, -0.15) is 5.10 Å². The number of pyridine rings is 1. The van der Waals surface area contributed by atoms with Gasteiger partial charge < -0.3 is 14.7 Å². The molecule has 146 valence electrons. The number of carbonyl (C=O) groups excluding carboxylic acids is 1. The SMILES string of the molecule is CN(CCO)C(=O)CCc1cccc(COc2ccc(-c3ccn[nH]3)nc2)c1. The Kier molecular flexibility index (Phi) is 6.75. The van der Waals surface area contributed by atoms with Gasteiger partial charge in [-0.3, -0.25) is 14.9 Å². The third kappa shape index (κ3) is 5.40. The lowest BCUT2D eigenvalue weighted by Crippen LogP contribution is -2.29. The van der Waals surface area contributed by atoms with Crippen LogP contribution in [0.5, 0.6) is 5.75 Å². The van der Waals surface area contributed by atoms with E-state index in [0.717, 1.165) is 22.5 Å². The third-order valence-corrected chi connectivity index (χ3v) is 4.40. The Bertz CT molecular complexity index is 879. The van der Waals surface area contributed by atoms with E-state index in [9.17, 15) is 4.79 Å². The van der Waals surface area contributed by atoms with E-state index >= 15 is 0 Å². The first kappa shape index (κ1) is 19.6. The standard InChI is InChI=1S/C21H24N4O3/c1-25(11-12-26)21(27)8-5-16-3-2-4-17(13-16)15-28-18-6-7-19(22-14-18)20-9-10-23-24-20/h2-4,6-7,9-10,13-14,26H,5,8,11-12,15H2,1H3,(H,23,24). The number of benzene rings is 1. The van der Waals surface area contributed by atoms with Gasteiger partial charge >= 0.3 is 0 Å². The van der Waals surface area contributed by atoms with Crippen LogP contribution in [0.3, 0.4) is 0 Å². The summed E-state index contributed by atoms with van der Waals surface area (Å²) in [6.07, 6.45) is 4.45. The van der Waals surface area contributed by atoms with Crippen molar-refractivity contribution in [1.29, 1.82) is 0 Å². The molecule has 1 amide bonds. The van der Waals surface area contributed by atoms with Gasteiger partial charge in [-0.25, -0.2) is 0 Å². The molecule has 2 N–H and O–H groups in total. The lowest BCUT2D eigenvalue weighted by molar-refractivity contribution is -0.130. The van der Waals surface area contributed by atoms with Gasteiger partial charge in [0.2, 0.25) is 5.91 Å². The molecule has 2 aromatic heterocycles. The second-order valence-electron chi connectivity index (χ2n) is 6.50. The van der Waals surface area contributed by atoms with Crippen LogP contribution in [-0.4, -0.2) is 51.3 Å². The fourth-order valence-electron chi connectivity index (χ4n) is 2.78. The van der Waals surface area contributed by atoms with Crippen molar-refractivity contribution in [3.05, 3.63) is 66.0 Å². The van der Waals surface area contributed by atoms with Gasteiger partial charge in [0.1, 0.15) is 12.4 Å². The molecule has 0 atom stereocenters. The van der Waals surface area contributed by atoms with E-state index in [0.29, 0.717) is 31.7 Å². The van der Waals surface area contributed by atoms with Crippen LogP contribution >= 0.6 is 0 Å². The number of hydrogen-bond acceptors (Lipinski definition) is 5. The number of amides is 1. The molecule has 0 saturated carbocycles. The lowest BCUT2D eigenvalue weighted by atomic mass is 10.1. The summed E-state index contributed by atoms with van der Waals surface area (Å²) in [5.41, 5.74) is 3.78. The van der Waals surface area contributed by atoms with E-state index < -0.39 is 0 Å². The number of rotatable bonds is 9. The minimum Gasteiger partial charge on any atom is -0.487 e. The third-order valence-electron chi connectivity index (χ3n) is 4.40. The molecule has 0 spiro atoms. The number of aromatic nitrogens is 3. The molecule has 3 aromatic rings. The number of nitrogens with zero attached hydrogens (tertiary/aromatic N) is 3. The van der Waals surface area contributed by atoms with Crippen molar-refractivity contribution >= 4 is 5.91 Å². The molecule has 0 aliphatic carbocycles. The van der Waals surface area contributed by atoms with Gasteiger partial charge in [0.05, 0.1) is 24.2 Å². The van der Waals surface area contributed by atoms with Crippen LogP contribution in [0.2, 0.25) is 0 Å². The van der Waals surface area contributed by atoms with Gasteiger partial charge in [-0.1, -0.05) is 24.3 Å². The number of H-pyrrole nitrogens is 1.